The first-order valence-electron chi connectivity index (χ1n) is 13.8. The second-order valence-corrected chi connectivity index (χ2v) is 10.7. The van der Waals surface area contributed by atoms with Crippen molar-refractivity contribution in [3.63, 3.8) is 0 Å². The molecule has 2 aliphatic rings. The van der Waals surface area contributed by atoms with Crippen LogP contribution in [0.15, 0.2) is 71.1 Å². The minimum atomic E-state index is -0.899. The van der Waals surface area contributed by atoms with Crippen LogP contribution in [0, 0.1) is 10.1 Å². The van der Waals surface area contributed by atoms with Crippen LogP contribution in [0.25, 0.3) is 0 Å². The van der Waals surface area contributed by atoms with E-state index in [4.69, 9.17) is 18.9 Å². The molecule has 4 rings (SSSR count). The highest BCUT2D eigenvalue weighted by molar-refractivity contribution is 5.99. The largest absolute Gasteiger partial charge is 0.466 e. The van der Waals surface area contributed by atoms with Crippen molar-refractivity contribution in [2.24, 2.45) is 0 Å². The summed E-state index contributed by atoms with van der Waals surface area (Å²) in [7, 11) is 1.25. The summed E-state index contributed by atoms with van der Waals surface area (Å²) in [6.45, 7) is 8.66. The van der Waals surface area contributed by atoms with Crippen molar-refractivity contribution in [3.05, 3.63) is 92.3 Å². The maximum absolute atomic E-state index is 13.4. The summed E-state index contributed by atoms with van der Waals surface area (Å²) >= 11 is 0. The van der Waals surface area contributed by atoms with E-state index in [1.54, 1.807) is 19.9 Å². The summed E-state index contributed by atoms with van der Waals surface area (Å²) in [6, 6.07) is 13.8. The highest BCUT2D eigenvalue weighted by atomic mass is 16.7. The molecule has 2 aliphatic heterocycles. The average Bonchev–Trinajstić information content (AvgIpc) is 3.31. The Morgan fingerprint density at radius 3 is 2.40 bits per heavy atom. The maximum atomic E-state index is 13.4. The number of hydrogen-bond acceptors (Lipinski definition) is 10. The molecule has 2 N–H and O–H groups in total. The quantitative estimate of drug-likeness (QED) is 0.218. The van der Waals surface area contributed by atoms with E-state index < -0.39 is 28.6 Å². The van der Waals surface area contributed by atoms with E-state index >= 15 is 0 Å². The standard InChI is InChI=1S/C31H37N3O8/c1-19-26(29(35)39-5)28(22-7-6-8-24(17-22)34(37)38)27(20(2)33-19)30(36)40-16-14-21-9-11-23(12-10-21)32-15-13-25-18-41-31(3,4)42-25/h6-12,17,25,28,32-33H,13-16,18H2,1-5H3. The number of benzene rings is 2. The van der Waals surface area contributed by atoms with Crippen LogP contribution in [0.4, 0.5) is 11.4 Å². The fourth-order valence-electron chi connectivity index (χ4n) is 5.21. The van der Waals surface area contributed by atoms with E-state index in [0.717, 1.165) is 24.2 Å². The number of nitro groups is 1. The number of hydrogen-bond donors (Lipinski definition) is 2. The molecule has 0 bridgehead atoms. The molecule has 1 saturated heterocycles. The maximum Gasteiger partial charge on any atom is 0.336 e. The number of allylic oxidation sites excluding steroid dienone is 2. The van der Waals surface area contributed by atoms with Gasteiger partial charge in [-0.2, -0.15) is 0 Å². The Bertz CT molecular complexity index is 1400. The van der Waals surface area contributed by atoms with E-state index in [-0.39, 0.29) is 29.5 Å². The molecule has 0 aromatic heterocycles. The third-order valence-corrected chi connectivity index (χ3v) is 7.24. The zero-order valence-electron chi connectivity index (χ0n) is 24.5. The molecule has 2 unspecified atom stereocenters. The minimum absolute atomic E-state index is 0.0688. The second-order valence-electron chi connectivity index (χ2n) is 10.7. The predicted molar refractivity (Wildman–Crippen MR) is 156 cm³/mol. The highest BCUT2D eigenvalue weighted by Gasteiger charge is 2.38. The molecule has 2 aromatic carbocycles. The van der Waals surface area contributed by atoms with Gasteiger partial charge < -0.3 is 29.6 Å². The summed E-state index contributed by atoms with van der Waals surface area (Å²) in [4.78, 5) is 37.2. The van der Waals surface area contributed by atoms with Crippen molar-refractivity contribution >= 4 is 23.3 Å². The molecule has 42 heavy (non-hydrogen) atoms. The lowest BCUT2D eigenvalue weighted by Crippen LogP contribution is -2.32. The van der Waals surface area contributed by atoms with Gasteiger partial charge in [0, 0.05) is 42.2 Å². The number of nitrogens with one attached hydrogen (secondary N) is 2. The molecule has 1 fully saturated rings. The van der Waals surface area contributed by atoms with Gasteiger partial charge in [0.05, 0.1) is 48.4 Å². The number of dihydropyridines is 1. The number of nitrogens with zero attached hydrogens (tertiary/aromatic N) is 1. The Kier molecular flexibility index (Phi) is 9.64. The summed E-state index contributed by atoms with van der Waals surface area (Å²) in [6.07, 6.45) is 1.38. The Labute approximate surface area is 245 Å². The van der Waals surface area contributed by atoms with Gasteiger partial charge in [-0.05, 0) is 57.4 Å². The normalized spacial score (nSPS) is 19.7. The van der Waals surface area contributed by atoms with Crippen LogP contribution >= 0.6 is 0 Å². The van der Waals surface area contributed by atoms with Gasteiger partial charge in [0.2, 0.25) is 0 Å². The van der Waals surface area contributed by atoms with Crippen molar-refractivity contribution in [1.29, 1.82) is 0 Å². The summed E-state index contributed by atoms with van der Waals surface area (Å²) in [5.41, 5.74) is 3.59. The molecule has 2 atom stereocenters. The van der Waals surface area contributed by atoms with Crippen LogP contribution in [0.1, 0.15) is 51.2 Å². The number of carbonyl (C=O) groups excluding carboxylic acids is 2. The van der Waals surface area contributed by atoms with Gasteiger partial charge in [0.1, 0.15) is 0 Å². The van der Waals surface area contributed by atoms with Crippen molar-refractivity contribution in [3.8, 4) is 0 Å². The Morgan fingerprint density at radius 1 is 1.10 bits per heavy atom. The Hall–Kier alpha value is -4.22. The van der Waals surface area contributed by atoms with Crippen molar-refractivity contribution in [2.45, 2.75) is 58.3 Å². The van der Waals surface area contributed by atoms with Crippen LogP contribution in [0.5, 0.6) is 0 Å². The predicted octanol–water partition coefficient (Wildman–Crippen LogP) is 4.74. The molecule has 0 aliphatic carbocycles. The first-order chi connectivity index (χ1) is 20.0. The zero-order chi connectivity index (χ0) is 30.4. The van der Waals surface area contributed by atoms with E-state index in [2.05, 4.69) is 10.6 Å². The van der Waals surface area contributed by atoms with Crippen LogP contribution < -0.4 is 10.6 Å². The van der Waals surface area contributed by atoms with Gasteiger partial charge in [-0.15, -0.1) is 0 Å². The third-order valence-electron chi connectivity index (χ3n) is 7.24. The van der Waals surface area contributed by atoms with Gasteiger partial charge in [-0.1, -0.05) is 24.3 Å². The molecular formula is C31H37N3O8. The van der Waals surface area contributed by atoms with Crippen LogP contribution in [0.2, 0.25) is 0 Å². The number of rotatable bonds is 11. The first-order valence-corrected chi connectivity index (χ1v) is 13.8. The molecule has 11 nitrogen and oxygen atoms in total. The third kappa shape index (κ3) is 7.34. The molecule has 2 heterocycles. The van der Waals surface area contributed by atoms with E-state index in [9.17, 15) is 19.7 Å². The lowest BCUT2D eigenvalue weighted by molar-refractivity contribution is -0.384. The molecular weight excluding hydrogens is 542 g/mol. The topological polar surface area (TPSA) is 138 Å². The molecule has 0 spiro atoms. The van der Waals surface area contributed by atoms with Gasteiger partial charge in [0.25, 0.3) is 5.69 Å². The van der Waals surface area contributed by atoms with E-state index in [1.165, 1.54) is 25.3 Å². The SMILES string of the molecule is COC(=O)C1=C(C)NC(C)=C(C(=O)OCCc2ccc(NCCC3COC(C)(C)O3)cc2)C1c1cccc([N+](=O)[O-])c1. The number of non-ortho nitro benzene ring substituents is 1. The average molecular weight is 580 g/mol. The minimum Gasteiger partial charge on any atom is -0.466 e. The fraction of sp³-hybridized carbons (Fsp3) is 0.419. The van der Waals surface area contributed by atoms with E-state index in [1.807, 2.05) is 38.1 Å². The van der Waals surface area contributed by atoms with Crippen LogP contribution in [-0.4, -0.2) is 55.6 Å². The zero-order valence-corrected chi connectivity index (χ0v) is 24.5. The number of nitro benzene ring substituents is 1. The number of carbonyl (C=O) groups is 2. The second kappa shape index (κ2) is 13.2. The molecule has 0 saturated carbocycles. The van der Waals surface area contributed by atoms with E-state index in [0.29, 0.717) is 30.0 Å². The number of methoxy groups -OCH3 is 1. The number of ether oxygens (including phenoxy) is 4. The first kappa shape index (κ1) is 30.7. The lowest BCUT2D eigenvalue weighted by Gasteiger charge is -2.30. The summed E-state index contributed by atoms with van der Waals surface area (Å²) in [5, 5.41) is 17.9. The monoisotopic (exact) mass is 579 g/mol. The molecule has 11 heteroatoms. The molecule has 0 amide bonds. The lowest BCUT2D eigenvalue weighted by atomic mass is 9.80. The van der Waals surface area contributed by atoms with Gasteiger partial charge in [0.15, 0.2) is 5.79 Å². The fourth-order valence-corrected chi connectivity index (χ4v) is 5.21. The Morgan fingerprint density at radius 2 is 1.79 bits per heavy atom. The summed E-state index contributed by atoms with van der Waals surface area (Å²) in [5.74, 6) is -2.69. The number of esters is 2. The Balaban J connectivity index is 1.39. The van der Waals surface area contributed by atoms with Gasteiger partial charge in [-0.25, -0.2) is 9.59 Å². The van der Waals surface area contributed by atoms with Gasteiger partial charge >= 0.3 is 11.9 Å². The smallest absolute Gasteiger partial charge is 0.336 e. The number of anilines is 1. The van der Waals surface area contributed by atoms with Crippen molar-refractivity contribution in [1.82, 2.24) is 5.32 Å². The van der Waals surface area contributed by atoms with Gasteiger partial charge in [-0.3, -0.25) is 10.1 Å². The van der Waals surface area contributed by atoms with Crippen LogP contribution in [0.3, 0.4) is 0 Å². The highest BCUT2D eigenvalue weighted by Crippen LogP contribution is 2.40. The molecule has 0 radical (unpaired) electrons. The molecule has 224 valence electrons. The van der Waals surface area contributed by atoms with Crippen molar-refractivity contribution < 1.29 is 33.5 Å². The molecule has 2 aromatic rings. The summed E-state index contributed by atoms with van der Waals surface area (Å²) < 4.78 is 22.1. The van der Waals surface area contributed by atoms with Crippen LogP contribution in [-0.2, 0) is 35.0 Å². The van der Waals surface area contributed by atoms with Crippen molar-refractivity contribution in [2.75, 3.05) is 32.2 Å².